The fourth-order valence-electron chi connectivity index (χ4n) is 3.14. The zero-order valence-electron chi connectivity index (χ0n) is 11.6. The van der Waals surface area contributed by atoms with Crippen molar-refractivity contribution in [1.29, 1.82) is 0 Å². The van der Waals surface area contributed by atoms with E-state index in [2.05, 4.69) is 0 Å². The van der Waals surface area contributed by atoms with Gasteiger partial charge in [-0.2, -0.15) is 0 Å². The highest BCUT2D eigenvalue weighted by Gasteiger charge is 2.24. The highest BCUT2D eigenvalue weighted by Crippen LogP contribution is 2.33. The van der Waals surface area contributed by atoms with Gasteiger partial charge in [0.05, 0.1) is 5.92 Å². The predicted octanol–water partition coefficient (Wildman–Crippen LogP) is 3.94. The zero-order valence-corrected chi connectivity index (χ0v) is 11.6. The monoisotopic (exact) mass is 279 g/mol. The van der Waals surface area contributed by atoms with E-state index in [1.54, 1.807) is 0 Å². The molecule has 0 amide bonds. The molecule has 0 bridgehead atoms. The number of benzene rings is 1. The van der Waals surface area contributed by atoms with Gasteiger partial charge in [0.15, 0.2) is 0 Å². The van der Waals surface area contributed by atoms with Crippen LogP contribution in [0.5, 0.6) is 0 Å². The van der Waals surface area contributed by atoms with Crippen molar-refractivity contribution in [3.8, 4) is 0 Å². The van der Waals surface area contributed by atoms with Crippen molar-refractivity contribution in [2.45, 2.75) is 50.9 Å². The van der Waals surface area contributed by atoms with Gasteiger partial charge in [-0.1, -0.05) is 32.1 Å². The minimum atomic E-state index is -0.918. The molecule has 0 heterocycles. The van der Waals surface area contributed by atoms with E-state index in [0.29, 0.717) is 23.6 Å². The number of carbonyl (C=O) groups is 1. The minimum absolute atomic E-state index is 0.363. The first-order valence-electron chi connectivity index (χ1n) is 7.35. The molecule has 1 aromatic rings. The quantitative estimate of drug-likeness (QED) is 0.802. The van der Waals surface area contributed by atoms with Gasteiger partial charge in [0, 0.05) is 5.69 Å². The van der Waals surface area contributed by atoms with Gasteiger partial charge in [0.2, 0.25) is 0 Å². The van der Waals surface area contributed by atoms with Crippen molar-refractivity contribution in [3.63, 3.8) is 0 Å². The Kier molecular flexibility index (Phi) is 4.99. The largest absolute Gasteiger partial charge is 0.481 e. The molecule has 1 atom stereocenters. The molecule has 1 unspecified atom stereocenters. The molecule has 110 valence electrons. The molecule has 3 nitrogen and oxygen atoms in total. The van der Waals surface area contributed by atoms with E-state index in [0.717, 1.165) is 6.42 Å². The summed E-state index contributed by atoms with van der Waals surface area (Å²) in [5, 5.41) is 9.39. The number of carboxylic acid groups (broad SMARTS) is 1. The van der Waals surface area contributed by atoms with Crippen molar-refractivity contribution in [2.75, 3.05) is 5.73 Å². The summed E-state index contributed by atoms with van der Waals surface area (Å²) in [6.45, 7) is 0. The van der Waals surface area contributed by atoms with Crippen LogP contribution >= 0.6 is 0 Å². The molecule has 1 aliphatic carbocycles. The molecule has 0 aromatic heterocycles. The normalized spacial score (nSPS) is 17.9. The molecule has 1 aromatic carbocycles. The van der Waals surface area contributed by atoms with E-state index in [1.165, 1.54) is 50.3 Å². The molecule has 3 N–H and O–H groups in total. The summed E-state index contributed by atoms with van der Waals surface area (Å²) in [7, 11) is 0. The highest BCUT2D eigenvalue weighted by atomic mass is 19.1. The number of nitrogens with two attached hydrogens (primary N) is 1. The molecule has 2 rings (SSSR count). The average Bonchev–Trinajstić information content (AvgIpc) is 2.43. The number of nitrogen functional groups attached to an aromatic ring is 1. The lowest BCUT2D eigenvalue weighted by molar-refractivity contribution is -0.139. The zero-order chi connectivity index (χ0) is 14.5. The molecule has 1 aliphatic rings. The molecule has 0 saturated heterocycles. The Hall–Kier alpha value is -1.58. The van der Waals surface area contributed by atoms with E-state index >= 15 is 0 Å². The van der Waals surface area contributed by atoms with E-state index in [4.69, 9.17) is 5.73 Å². The summed E-state index contributed by atoms with van der Waals surface area (Å²) < 4.78 is 13.3. The standard InChI is InChI=1S/C16H22FNO2/c17-12-7-9-15(18)14(10-12)13(16(19)20)8-6-11-4-2-1-3-5-11/h7,9-11,13H,1-6,8,18H2,(H,19,20). The predicted molar refractivity (Wildman–Crippen MR) is 77.0 cm³/mol. The second kappa shape index (κ2) is 6.73. The van der Waals surface area contributed by atoms with Crippen molar-refractivity contribution in [2.24, 2.45) is 5.92 Å². The maximum atomic E-state index is 13.3. The van der Waals surface area contributed by atoms with Gasteiger partial charge in [0.25, 0.3) is 0 Å². The van der Waals surface area contributed by atoms with Crippen LogP contribution in [-0.2, 0) is 4.79 Å². The summed E-state index contributed by atoms with van der Waals surface area (Å²) in [4.78, 5) is 11.5. The minimum Gasteiger partial charge on any atom is -0.481 e. The molecule has 1 saturated carbocycles. The van der Waals surface area contributed by atoms with Crippen LogP contribution in [0.25, 0.3) is 0 Å². The van der Waals surface area contributed by atoms with Crippen molar-refractivity contribution in [3.05, 3.63) is 29.6 Å². The number of hydrogen-bond acceptors (Lipinski definition) is 2. The van der Waals surface area contributed by atoms with E-state index in [9.17, 15) is 14.3 Å². The summed E-state index contributed by atoms with van der Waals surface area (Å²) in [6, 6.07) is 3.97. The Balaban J connectivity index is 2.06. The molecular weight excluding hydrogens is 257 g/mol. The van der Waals surface area contributed by atoms with Crippen LogP contribution < -0.4 is 5.73 Å². The van der Waals surface area contributed by atoms with Gasteiger partial charge < -0.3 is 10.8 Å². The third kappa shape index (κ3) is 3.71. The number of carboxylic acids is 1. The second-order valence-corrected chi connectivity index (χ2v) is 5.75. The Morgan fingerprint density at radius 3 is 2.70 bits per heavy atom. The number of anilines is 1. The van der Waals surface area contributed by atoms with E-state index in [-0.39, 0.29) is 0 Å². The lowest BCUT2D eigenvalue weighted by Gasteiger charge is -2.23. The first-order valence-corrected chi connectivity index (χ1v) is 7.35. The topological polar surface area (TPSA) is 63.3 Å². The van der Waals surface area contributed by atoms with Crippen LogP contribution in [0.1, 0.15) is 56.4 Å². The van der Waals surface area contributed by atoms with Crippen LogP contribution in [0.2, 0.25) is 0 Å². The van der Waals surface area contributed by atoms with Crippen LogP contribution in [0, 0.1) is 11.7 Å². The molecule has 20 heavy (non-hydrogen) atoms. The number of aliphatic carboxylic acids is 1. The molecule has 0 radical (unpaired) electrons. The van der Waals surface area contributed by atoms with Gasteiger partial charge in [0.1, 0.15) is 5.82 Å². The lowest BCUT2D eigenvalue weighted by atomic mass is 9.82. The smallest absolute Gasteiger partial charge is 0.311 e. The SMILES string of the molecule is Nc1ccc(F)cc1C(CCC1CCCCC1)C(=O)O. The Morgan fingerprint density at radius 1 is 1.35 bits per heavy atom. The number of rotatable bonds is 5. The molecule has 4 heteroatoms. The highest BCUT2D eigenvalue weighted by molar-refractivity contribution is 5.78. The summed E-state index contributed by atoms with van der Waals surface area (Å²) in [5.74, 6) is -1.44. The summed E-state index contributed by atoms with van der Waals surface area (Å²) in [6.07, 6.45) is 7.56. The van der Waals surface area contributed by atoms with Crippen molar-refractivity contribution < 1.29 is 14.3 Å². The molecule has 0 aliphatic heterocycles. The molecular formula is C16H22FNO2. The number of halogens is 1. The number of hydrogen-bond donors (Lipinski definition) is 2. The average molecular weight is 279 g/mol. The van der Waals surface area contributed by atoms with Crippen molar-refractivity contribution in [1.82, 2.24) is 0 Å². The first kappa shape index (κ1) is 14.8. The van der Waals surface area contributed by atoms with Gasteiger partial charge in [-0.05, 0) is 42.5 Å². The molecule has 1 fully saturated rings. The third-order valence-electron chi connectivity index (χ3n) is 4.31. The summed E-state index contributed by atoms with van der Waals surface area (Å²) >= 11 is 0. The Labute approximate surface area is 119 Å². The third-order valence-corrected chi connectivity index (χ3v) is 4.31. The first-order chi connectivity index (χ1) is 9.58. The maximum absolute atomic E-state index is 13.3. The van der Waals surface area contributed by atoms with E-state index < -0.39 is 17.7 Å². The second-order valence-electron chi connectivity index (χ2n) is 5.75. The Morgan fingerprint density at radius 2 is 2.05 bits per heavy atom. The van der Waals surface area contributed by atoms with Gasteiger partial charge in [-0.3, -0.25) is 4.79 Å². The Bertz CT molecular complexity index is 470. The van der Waals surface area contributed by atoms with Gasteiger partial charge in [-0.25, -0.2) is 4.39 Å². The fraction of sp³-hybridized carbons (Fsp3) is 0.562. The maximum Gasteiger partial charge on any atom is 0.311 e. The van der Waals surface area contributed by atoms with Gasteiger partial charge in [-0.15, -0.1) is 0 Å². The lowest BCUT2D eigenvalue weighted by Crippen LogP contribution is -2.16. The molecule has 0 spiro atoms. The fourth-order valence-corrected chi connectivity index (χ4v) is 3.14. The van der Waals surface area contributed by atoms with Crippen LogP contribution in [0.4, 0.5) is 10.1 Å². The summed E-state index contributed by atoms with van der Waals surface area (Å²) in [5.41, 5.74) is 6.58. The van der Waals surface area contributed by atoms with Crippen LogP contribution in [-0.4, -0.2) is 11.1 Å². The van der Waals surface area contributed by atoms with Crippen LogP contribution in [0.3, 0.4) is 0 Å². The van der Waals surface area contributed by atoms with Gasteiger partial charge >= 0.3 is 5.97 Å². The van der Waals surface area contributed by atoms with Crippen molar-refractivity contribution >= 4 is 11.7 Å². The van der Waals surface area contributed by atoms with E-state index in [1.807, 2.05) is 0 Å². The van der Waals surface area contributed by atoms with Crippen LogP contribution in [0.15, 0.2) is 18.2 Å².